The van der Waals surface area contributed by atoms with E-state index in [0.717, 1.165) is 11.8 Å². The molecule has 1 aromatic rings. The van der Waals surface area contributed by atoms with Gasteiger partial charge in [0.25, 0.3) is 0 Å². The SMILES string of the molecule is c1c[nH]c([C@H]2NC[C@@H]3CCC[C@@H]32)c1. The largest absolute Gasteiger partial charge is 0.364 e. The third-order valence-electron chi connectivity index (χ3n) is 3.70. The number of fused-ring (bicyclic) bond motifs is 1. The second-order valence-corrected chi connectivity index (χ2v) is 4.37. The molecular weight excluding hydrogens is 160 g/mol. The van der Waals surface area contributed by atoms with Crippen molar-refractivity contribution in [2.24, 2.45) is 11.8 Å². The van der Waals surface area contributed by atoms with Gasteiger partial charge < -0.3 is 10.3 Å². The molecule has 2 fully saturated rings. The Morgan fingerprint density at radius 3 is 3.15 bits per heavy atom. The molecule has 0 bridgehead atoms. The summed E-state index contributed by atoms with van der Waals surface area (Å²) >= 11 is 0. The molecule has 1 saturated heterocycles. The first-order valence-corrected chi connectivity index (χ1v) is 5.32. The van der Waals surface area contributed by atoms with E-state index < -0.39 is 0 Å². The van der Waals surface area contributed by atoms with Gasteiger partial charge in [0.05, 0.1) is 6.04 Å². The molecule has 0 unspecified atom stereocenters. The third-order valence-corrected chi connectivity index (χ3v) is 3.70. The molecule has 2 N–H and O–H groups in total. The van der Waals surface area contributed by atoms with Gasteiger partial charge in [0.1, 0.15) is 0 Å². The van der Waals surface area contributed by atoms with Crippen LogP contribution in [0.25, 0.3) is 0 Å². The van der Waals surface area contributed by atoms with E-state index in [4.69, 9.17) is 0 Å². The molecule has 2 nitrogen and oxygen atoms in total. The Morgan fingerprint density at radius 2 is 2.31 bits per heavy atom. The molecule has 1 saturated carbocycles. The Morgan fingerprint density at radius 1 is 1.31 bits per heavy atom. The predicted molar refractivity (Wildman–Crippen MR) is 52.4 cm³/mol. The maximum absolute atomic E-state index is 3.63. The van der Waals surface area contributed by atoms with Crippen molar-refractivity contribution < 1.29 is 0 Å². The molecule has 13 heavy (non-hydrogen) atoms. The average molecular weight is 176 g/mol. The summed E-state index contributed by atoms with van der Waals surface area (Å²) in [4.78, 5) is 3.33. The lowest BCUT2D eigenvalue weighted by molar-refractivity contribution is 0.416. The zero-order chi connectivity index (χ0) is 8.67. The highest BCUT2D eigenvalue weighted by Gasteiger charge is 2.39. The lowest BCUT2D eigenvalue weighted by Crippen LogP contribution is -2.17. The Hall–Kier alpha value is -0.760. The molecule has 0 aromatic carbocycles. The molecule has 3 atom stereocenters. The molecule has 1 aliphatic carbocycles. The van der Waals surface area contributed by atoms with Gasteiger partial charge in [-0.15, -0.1) is 0 Å². The molecule has 1 aromatic heterocycles. The van der Waals surface area contributed by atoms with Crippen LogP contribution in [0, 0.1) is 11.8 Å². The fourth-order valence-corrected chi connectivity index (χ4v) is 3.07. The van der Waals surface area contributed by atoms with Crippen LogP contribution in [0.2, 0.25) is 0 Å². The fourth-order valence-electron chi connectivity index (χ4n) is 3.07. The number of hydrogen-bond acceptors (Lipinski definition) is 1. The van der Waals surface area contributed by atoms with Crippen LogP contribution in [-0.2, 0) is 0 Å². The van der Waals surface area contributed by atoms with E-state index in [1.54, 1.807) is 0 Å². The number of aromatic amines is 1. The van der Waals surface area contributed by atoms with Crippen molar-refractivity contribution in [3.8, 4) is 0 Å². The summed E-state index contributed by atoms with van der Waals surface area (Å²) in [6, 6.07) is 4.92. The van der Waals surface area contributed by atoms with Crippen LogP contribution in [-0.4, -0.2) is 11.5 Å². The van der Waals surface area contributed by atoms with E-state index in [0.29, 0.717) is 6.04 Å². The molecule has 2 heterocycles. The first-order chi connectivity index (χ1) is 6.45. The highest BCUT2D eigenvalue weighted by Crippen LogP contribution is 2.43. The van der Waals surface area contributed by atoms with Gasteiger partial charge in [0.2, 0.25) is 0 Å². The molecule has 0 spiro atoms. The van der Waals surface area contributed by atoms with Gasteiger partial charge in [-0.1, -0.05) is 6.42 Å². The summed E-state index contributed by atoms with van der Waals surface area (Å²) in [6.45, 7) is 1.23. The topological polar surface area (TPSA) is 27.8 Å². The molecule has 3 rings (SSSR count). The Balaban J connectivity index is 1.86. The van der Waals surface area contributed by atoms with Gasteiger partial charge in [-0.05, 0) is 43.4 Å². The summed E-state index contributed by atoms with van der Waals surface area (Å²) < 4.78 is 0. The van der Waals surface area contributed by atoms with Gasteiger partial charge in [0, 0.05) is 11.9 Å². The highest BCUT2D eigenvalue weighted by molar-refractivity contribution is 5.14. The summed E-state index contributed by atoms with van der Waals surface area (Å²) in [5.74, 6) is 1.85. The molecular formula is C11H16N2. The molecule has 0 radical (unpaired) electrons. The second-order valence-electron chi connectivity index (χ2n) is 4.37. The van der Waals surface area contributed by atoms with Crippen LogP contribution in [0.5, 0.6) is 0 Å². The number of nitrogens with one attached hydrogen (secondary N) is 2. The molecule has 1 aliphatic heterocycles. The molecule has 2 aliphatic rings. The number of H-pyrrole nitrogens is 1. The maximum atomic E-state index is 3.63. The van der Waals surface area contributed by atoms with Crippen LogP contribution < -0.4 is 5.32 Å². The van der Waals surface area contributed by atoms with E-state index in [2.05, 4.69) is 22.4 Å². The first-order valence-electron chi connectivity index (χ1n) is 5.32. The zero-order valence-electron chi connectivity index (χ0n) is 7.79. The van der Waals surface area contributed by atoms with E-state index in [1.165, 1.54) is 31.5 Å². The normalized spacial score (nSPS) is 38.0. The smallest absolute Gasteiger partial charge is 0.0504 e. The van der Waals surface area contributed by atoms with Gasteiger partial charge in [-0.3, -0.25) is 0 Å². The summed E-state index contributed by atoms with van der Waals surface area (Å²) in [6.07, 6.45) is 6.32. The van der Waals surface area contributed by atoms with Crippen molar-refractivity contribution in [1.29, 1.82) is 0 Å². The van der Waals surface area contributed by atoms with Crippen LogP contribution >= 0.6 is 0 Å². The zero-order valence-corrected chi connectivity index (χ0v) is 7.79. The molecule has 0 amide bonds. The number of aromatic nitrogens is 1. The minimum atomic E-state index is 0.613. The summed E-state index contributed by atoms with van der Waals surface area (Å²) in [5.41, 5.74) is 1.38. The van der Waals surface area contributed by atoms with Crippen molar-refractivity contribution in [2.75, 3.05) is 6.54 Å². The van der Waals surface area contributed by atoms with E-state index >= 15 is 0 Å². The lowest BCUT2D eigenvalue weighted by atomic mass is 9.92. The highest BCUT2D eigenvalue weighted by atomic mass is 15.0. The quantitative estimate of drug-likeness (QED) is 0.673. The first kappa shape index (κ1) is 7.63. The van der Waals surface area contributed by atoms with Gasteiger partial charge in [-0.25, -0.2) is 0 Å². The minimum Gasteiger partial charge on any atom is -0.364 e. The van der Waals surface area contributed by atoms with Crippen LogP contribution in [0.15, 0.2) is 18.3 Å². The monoisotopic (exact) mass is 176 g/mol. The van der Waals surface area contributed by atoms with Crippen molar-refractivity contribution in [3.05, 3.63) is 24.0 Å². The maximum Gasteiger partial charge on any atom is 0.0504 e. The summed E-state index contributed by atoms with van der Waals surface area (Å²) in [5, 5.41) is 3.63. The number of rotatable bonds is 1. The fraction of sp³-hybridized carbons (Fsp3) is 0.636. The van der Waals surface area contributed by atoms with Crippen LogP contribution in [0.1, 0.15) is 31.0 Å². The van der Waals surface area contributed by atoms with Gasteiger partial charge >= 0.3 is 0 Å². The lowest BCUT2D eigenvalue weighted by Gasteiger charge is -2.16. The Kier molecular flexibility index (Phi) is 1.69. The Labute approximate surface area is 78.7 Å². The van der Waals surface area contributed by atoms with Crippen LogP contribution in [0.4, 0.5) is 0 Å². The van der Waals surface area contributed by atoms with Crippen molar-refractivity contribution >= 4 is 0 Å². The van der Waals surface area contributed by atoms with Crippen molar-refractivity contribution in [3.63, 3.8) is 0 Å². The predicted octanol–water partition coefficient (Wildman–Crippen LogP) is 2.08. The van der Waals surface area contributed by atoms with E-state index in [-0.39, 0.29) is 0 Å². The van der Waals surface area contributed by atoms with Crippen molar-refractivity contribution in [1.82, 2.24) is 10.3 Å². The third kappa shape index (κ3) is 1.12. The van der Waals surface area contributed by atoms with Gasteiger partial charge in [0.15, 0.2) is 0 Å². The number of hydrogen-bond donors (Lipinski definition) is 2. The van der Waals surface area contributed by atoms with Crippen LogP contribution in [0.3, 0.4) is 0 Å². The second kappa shape index (κ2) is 2.88. The summed E-state index contributed by atoms with van der Waals surface area (Å²) in [7, 11) is 0. The Bertz CT molecular complexity index is 278. The van der Waals surface area contributed by atoms with E-state index in [9.17, 15) is 0 Å². The van der Waals surface area contributed by atoms with Crippen molar-refractivity contribution in [2.45, 2.75) is 25.3 Å². The average Bonchev–Trinajstić information content (AvgIpc) is 2.79. The minimum absolute atomic E-state index is 0.613. The molecule has 2 heteroatoms. The molecule has 70 valence electrons. The van der Waals surface area contributed by atoms with E-state index in [1.807, 2.05) is 6.20 Å². The standard InChI is InChI=1S/C11H16N2/c1-3-8-7-13-11(9(8)4-1)10-5-2-6-12-10/h2,5-6,8-9,11-13H,1,3-4,7H2/t8-,9-,11-/m0/s1. The van der Waals surface area contributed by atoms with Gasteiger partial charge in [-0.2, -0.15) is 0 Å².